The predicted molar refractivity (Wildman–Crippen MR) is 105 cm³/mol. The van der Waals surface area contributed by atoms with Crippen LogP contribution in [0, 0.1) is 11.8 Å². The van der Waals surface area contributed by atoms with Crippen LogP contribution in [-0.4, -0.2) is 109 Å². The highest BCUT2D eigenvalue weighted by Crippen LogP contribution is 2.41. The van der Waals surface area contributed by atoms with Gasteiger partial charge in [0, 0.05) is 5.92 Å². The number of hydrogen-bond acceptors (Lipinski definition) is 10. The van der Waals surface area contributed by atoms with Crippen LogP contribution in [0.5, 0.6) is 0 Å². The minimum atomic E-state index is -1.80. The second kappa shape index (κ2) is 9.77. The van der Waals surface area contributed by atoms with E-state index in [1.807, 2.05) is 0 Å². The highest BCUT2D eigenvalue weighted by Gasteiger charge is 2.49. The van der Waals surface area contributed by atoms with Gasteiger partial charge >= 0.3 is 5.97 Å². The summed E-state index contributed by atoms with van der Waals surface area (Å²) in [5.41, 5.74) is 0. The van der Waals surface area contributed by atoms with Crippen LogP contribution in [0.1, 0.15) is 44.9 Å². The third kappa shape index (κ3) is 4.82. The van der Waals surface area contributed by atoms with Gasteiger partial charge in [-0.2, -0.15) is 0 Å². The molecule has 0 aromatic carbocycles. The number of carboxylic acid groups (broad SMARTS) is 1. The van der Waals surface area contributed by atoms with Crippen LogP contribution in [0.4, 0.5) is 0 Å². The molecule has 2 saturated heterocycles. The van der Waals surface area contributed by atoms with Crippen LogP contribution in [0.15, 0.2) is 0 Å². The lowest BCUT2D eigenvalue weighted by Gasteiger charge is -2.47. The fourth-order valence-corrected chi connectivity index (χ4v) is 5.76. The Kier molecular flexibility index (Phi) is 7.40. The highest BCUT2D eigenvalue weighted by molar-refractivity contribution is 5.73. The molecule has 8 unspecified atom stereocenters. The normalized spacial score (nSPS) is 52.2. The Labute approximate surface area is 185 Å². The maximum Gasteiger partial charge on any atom is 0.335 e. The molecule has 4 fully saturated rings. The first-order valence-corrected chi connectivity index (χ1v) is 11.4. The zero-order valence-electron chi connectivity index (χ0n) is 17.7. The smallest absolute Gasteiger partial charge is 0.335 e. The zero-order chi connectivity index (χ0) is 23.2. The molecule has 7 N–H and O–H groups in total. The first kappa shape index (κ1) is 24.2. The second-order valence-electron chi connectivity index (χ2n) is 9.70. The Balaban J connectivity index is 1.32. The molecule has 2 saturated carbocycles. The summed E-state index contributed by atoms with van der Waals surface area (Å²) in [5.74, 6) is -1.42. The van der Waals surface area contributed by atoms with Gasteiger partial charge in [-0.25, -0.2) is 4.79 Å². The van der Waals surface area contributed by atoms with Crippen molar-refractivity contribution in [2.45, 2.75) is 112 Å². The zero-order valence-corrected chi connectivity index (χ0v) is 17.7. The summed E-state index contributed by atoms with van der Waals surface area (Å²) >= 11 is 0. The van der Waals surface area contributed by atoms with Crippen molar-refractivity contribution in [3.63, 3.8) is 0 Å². The second-order valence-corrected chi connectivity index (χ2v) is 9.70. The number of carboxylic acids is 1. The SMILES string of the molecule is O=C(O)[C@H]1O[C@H](OC2CCC(C3CCC4C(O)CC(O)CC4O3)CC2O)[C@H](O)[C@@H](O)[C@@H]1O. The van der Waals surface area contributed by atoms with Gasteiger partial charge in [0.1, 0.15) is 18.3 Å². The van der Waals surface area contributed by atoms with E-state index in [1.54, 1.807) is 0 Å². The molecular weight excluding hydrogens is 428 g/mol. The van der Waals surface area contributed by atoms with Crippen molar-refractivity contribution in [1.82, 2.24) is 0 Å². The van der Waals surface area contributed by atoms with Crippen LogP contribution >= 0.6 is 0 Å². The first-order valence-electron chi connectivity index (χ1n) is 11.4. The topological polar surface area (TPSA) is 186 Å². The Morgan fingerprint density at radius 3 is 2.19 bits per heavy atom. The van der Waals surface area contributed by atoms with Crippen molar-refractivity contribution >= 4 is 5.97 Å². The molecule has 11 heteroatoms. The van der Waals surface area contributed by atoms with Crippen LogP contribution in [0.2, 0.25) is 0 Å². The molecule has 2 aliphatic carbocycles. The number of aliphatic hydroxyl groups is 6. The lowest BCUT2D eigenvalue weighted by atomic mass is 9.73. The van der Waals surface area contributed by atoms with Gasteiger partial charge in [-0.3, -0.25) is 0 Å². The molecule has 4 rings (SSSR count). The average molecular weight is 462 g/mol. The summed E-state index contributed by atoms with van der Waals surface area (Å²) in [6.45, 7) is 0. The minimum Gasteiger partial charge on any atom is -0.479 e. The molecule has 2 heterocycles. The number of rotatable bonds is 4. The van der Waals surface area contributed by atoms with Crippen molar-refractivity contribution in [3.05, 3.63) is 0 Å². The molecule has 4 aliphatic rings. The summed E-state index contributed by atoms with van der Waals surface area (Å²) in [6.07, 6.45) is -7.70. The van der Waals surface area contributed by atoms with Gasteiger partial charge in [0.15, 0.2) is 12.4 Å². The highest BCUT2D eigenvalue weighted by atomic mass is 16.7. The van der Waals surface area contributed by atoms with E-state index in [9.17, 15) is 35.4 Å². The predicted octanol–water partition coefficient (Wildman–Crippen LogP) is -1.90. The van der Waals surface area contributed by atoms with E-state index >= 15 is 0 Å². The molecule has 0 amide bonds. The molecule has 11 nitrogen and oxygen atoms in total. The van der Waals surface area contributed by atoms with E-state index in [1.165, 1.54) is 0 Å². The summed E-state index contributed by atoms with van der Waals surface area (Å²) in [6, 6.07) is 0. The van der Waals surface area contributed by atoms with Crippen LogP contribution in [-0.2, 0) is 19.0 Å². The van der Waals surface area contributed by atoms with Crippen molar-refractivity contribution in [1.29, 1.82) is 0 Å². The fourth-order valence-electron chi connectivity index (χ4n) is 5.76. The third-order valence-electron chi connectivity index (χ3n) is 7.57. The molecule has 2 aliphatic heterocycles. The van der Waals surface area contributed by atoms with E-state index < -0.39 is 61.1 Å². The Morgan fingerprint density at radius 1 is 0.750 bits per heavy atom. The number of fused-ring (bicyclic) bond motifs is 1. The van der Waals surface area contributed by atoms with Crippen LogP contribution in [0.3, 0.4) is 0 Å². The van der Waals surface area contributed by atoms with Crippen molar-refractivity contribution in [3.8, 4) is 0 Å². The summed E-state index contributed by atoms with van der Waals surface area (Å²) in [4.78, 5) is 11.3. The van der Waals surface area contributed by atoms with E-state index in [0.29, 0.717) is 32.1 Å². The summed E-state index contributed by atoms with van der Waals surface area (Å²) in [7, 11) is 0. The van der Waals surface area contributed by atoms with Crippen molar-refractivity contribution < 1.29 is 54.8 Å². The third-order valence-corrected chi connectivity index (χ3v) is 7.57. The molecule has 184 valence electrons. The molecule has 0 aromatic rings. The van der Waals surface area contributed by atoms with Gasteiger partial charge in [0.25, 0.3) is 0 Å². The minimum absolute atomic E-state index is 0.0214. The number of aliphatic hydroxyl groups excluding tert-OH is 6. The van der Waals surface area contributed by atoms with Gasteiger partial charge in [0.05, 0.1) is 36.6 Å². The Bertz CT molecular complexity index is 662. The molecule has 32 heavy (non-hydrogen) atoms. The number of aliphatic carboxylic acids is 1. The van der Waals surface area contributed by atoms with E-state index in [0.717, 1.165) is 12.8 Å². The van der Waals surface area contributed by atoms with E-state index in [-0.39, 0.29) is 24.0 Å². The Hall–Kier alpha value is -0.890. The monoisotopic (exact) mass is 462 g/mol. The number of ether oxygens (including phenoxy) is 3. The van der Waals surface area contributed by atoms with Crippen LogP contribution < -0.4 is 0 Å². The van der Waals surface area contributed by atoms with Gasteiger partial charge in [0.2, 0.25) is 0 Å². The van der Waals surface area contributed by atoms with E-state index in [2.05, 4.69) is 0 Å². The van der Waals surface area contributed by atoms with Crippen LogP contribution in [0.25, 0.3) is 0 Å². The maximum absolute atomic E-state index is 11.3. The van der Waals surface area contributed by atoms with Crippen molar-refractivity contribution in [2.75, 3.05) is 0 Å². The number of carbonyl (C=O) groups is 1. The molecular formula is C21H34O11. The standard InChI is InChI=1S/C21H34O11/c22-9-6-11(23)10-2-4-13(30-15(10)7-9)8-1-3-14(12(24)5-8)31-21-18(27)16(25)17(26)19(32-21)20(28)29/h8-19,21-27H,1-7H2,(H,28,29)/t8?,9?,10?,11?,12?,13?,14?,15?,16-,17-,18+,19-,21-/m0/s1. The lowest BCUT2D eigenvalue weighted by Crippen LogP contribution is -2.61. The largest absolute Gasteiger partial charge is 0.479 e. The van der Waals surface area contributed by atoms with Gasteiger partial charge in [-0.05, 0) is 50.9 Å². The molecule has 13 atom stereocenters. The quantitative estimate of drug-likeness (QED) is 0.247. The average Bonchev–Trinajstić information content (AvgIpc) is 2.74. The fraction of sp³-hybridized carbons (Fsp3) is 0.952. The summed E-state index contributed by atoms with van der Waals surface area (Å²) in [5, 5.41) is 69.9. The van der Waals surface area contributed by atoms with Gasteiger partial charge < -0.3 is 50.0 Å². The molecule has 0 aromatic heterocycles. The molecule has 0 radical (unpaired) electrons. The first-order chi connectivity index (χ1) is 15.2. The summed E-state index contributed by atoms with van der Waals surface area (Å²) < 4.78 is 17.0. The number of hydrogen-bond donors (Lipinski definition) is 7. The Morgan fingerprint density at radius 2 is 1.50 bits per heavy atom. The maximum atomic E-state index is 11.3. The van der Waals surface area contributed by atoms with Gasteiger partial charge in [-0.15, -0.1) is 0 Å². The lowest BCUT2D eigenvalue weighted by molar-refractivity contribution is -0.313. The van der Waals surface area contributed by atoms with E-state index in [4.69, 9.17) is 19.3 Å². The molecule has 0 spiro atoms. The molecule has 0 bridgehead atoms. The van der Waals surface area contributed by atoms with Gasteiger partial charge in [-0.1, -0.05) is 0 Å². The van der Waals surface area contributed by atoms with Crippen molar-refractivity contribution in [2.24, 2.45) is 11.8 Å².